The maximum absolute atomic E-state index is 15.0. The first-order valence-electron chi connectivity index (χ1n) is 24.8. The summed E-state index contributed by atoms with van der Waals surface area (Å²) in [6.07, 6.45) is 2.63. The smallest absolute Gasteiger partial charge is 0.343 e. The van der Waals surface area contributed by atoms with Gasteiger partial charge in [-0.15, -0.1) is 0 Å². The third-order valence-corrected chi connectivity index (χ3v) is 20.2. The number of hydrogen-bond acceptors (Lipinski definition) is 12. The van der Waals surface area contributed by atoms with Gasteiger partial charge < -0.3 is 38.4 Å². The Balaban J connectivity index is 0.000000183. The molecule has 382 valence electrons. The lowest BCUT2D eigenvalue weighted by Gasteiger charge is -2.35. The molecule has 17 heteroatoms. The SMILES string of the molecule is CC[C@@]1(O)C(=O)OCc2c1cc1n(c2=O)Cc2cc3c(C#CCCO[Si](C)(C)C(C)(C)C)c(C)c(F)cc3nc2-1.CC[C@@]1(O)C(=O)OCc2c1cc1n(c2=O)Cc2cc3c(CCCCO)c(C)c(F)cc3nc2-1. The van der Waals surface area contributed by atoms with Crippen molar-refractivity contribution in [1.82, 2.24) is 19.1 Å². The first-order valence-corrected chi connectivity index (χ1v) is 27.7. The summed E-state index contributed by atoms with van der Waals surface area (Å²) < 4.78 is 49.4. The summed E-state index contributed by atoms with van der Waals surface area (Å²) in [6, 6.07) is 9.96. The van der Waals surface area contributed by atoms with E-state index in [1.54, 1.807) is 49.0 Å². The van der Waals surface area contributed by atoms with Crippen LogP contribution in [-0.2, 0) is 67.4 Å². The number of nitrogens with zero attached hydrogens (tertiary/aromatic N) is 4. The molecule has 2 aromatic carbocycles. The number of halogens is 2. The topological polar surface area (TPSA) is 192 Å². The van der Waals surface area contributed by atoms with E-state index >= 15 is 4.39 Å². The van der Waals surface area contributed by atoms with Gasteiger partial charge in [-0.3, -0.25) is 9.59 Å². The van der Waals surface area contributed by atoms with Crippen molar-refractivity contribution in [2.75, 3.05) is 13.2 Å². The monoisotopic (exact) mass is 1010 g/mol. The van der Waals surface area contributed by atoms with E-state index in [1.165, 1.54) is 12.1 Å². The number of cyclic esters (lactones) is 2. The number of aliphatic hydroxyl groups excluding tert-OH is 1. The molecular formula is C56H60F2N4O10Si. The number of carbonyl (C=O) groups is 2. The predicted octanol–water partition coefficient (Wildman–Crippen LogP) is 8.13. The van der Waals surface area contributed by atoms with Crippen LogP contribution in [0.2, 0.25) is 18.1 Å². The molecule has 0 fully saturated rings. The summed E-state index contributed by atoms with van der Waals surface area (Å²) in [5, 5.41) is 32.8. The maximum Gasteiger partial charge on any atom is 0.343 e. The molecule has 0 spiro atoms. The van der Waals surface area contributed by atoms with Crippen molar-refractivity contribution in [2.24, 2.45) is 0 Å². The summed E-state index contributed by atoms with van der Waals surface area (Å²) in [5.74, 6) is 4.02. The van der Waals surface area contributed by atoms with E-state index in [4.69, 9.17) is 29.0 Å². The van der Waals surface area contributed by atoms with E-state index in [-0.39, 0.29) is 83.4 Å². The Morgan fingerprint density at radius 3 is 1.74 bits per heavy atom. The van der Waals surface area contributed by atoms with Crippen molar-refractivity contribution in [3.63, 3.8) is 0 Å². The molecule has 4 aliphatic heterocycles. The predicted molar refractivity (Wildman–Crippen MR) is 273 cm³/mol. The minimum absolute atomic E-state index is 0.0627. The molecule has 0 radical (unpaired) electrons. The lowest BCUT2D eigenvalue weighted by atomic mass is 9.86. The van der Waals surface area contributed by atoms with Gasteiger partial charge in [0.1, 0.15) is 24.8 Å². The van der Waals surface area contributed by atoms with Crippen LogP contribution in [0.25, 0.3) is 44.6 Å². The van der Waals surface area contributed by atoms with Crippen molar-refractivity contribution >= 4 is 42.1 Å². The van der Waals surface area contributed by atoms with Crippen LogP contribution in [0.3, 0.4) is 0 Å². The van der Waals surface area contributed by atoms with Gasteiger partial charge in [0.05, 0.1) is 58.0 Å². The lowest BCUT2D eigenvalue weighted by Crippen LogP contribution is -2.44. The molecule has 0 saturated heterocycles. The molecule has 2 atom stereocenters. The number of pyridine rings is 4. The molecule has 0 bridgehead atoms. The van der Waals surface area contributed by atoms with Gasteiger partial charge in [0.25, 0.3) is 11.1 Å². The van der Waals surface area contributed by atoms with Gasteiger partial charge in [0.2, 0.25) is 0 Å². The quantitative estimate of drug-likeness (QED) is 0.0545. The van der Waals surface area contributed by atoms with E-state index in [2.05, 4.69) is 45.7 Å². The largest absolute Gasteiger partial charge is 0.458 e. The normalized spacial score (nSPS) is 18.4. The average Bonchev–Trinajstić information content (AvgIpc) is 3.90. The van der Waals surface area contributed by atoms with Crippen LogP contribution >= 0.6 is 0 Å². The Hall–Kier alpha value is -6.42. The molecule has 14 nitrogen and oxygen atoms in total. The molecule has 8 heterocycles. The van der Waals surface area contributed by atoms with E-state index in [0.29, 0.717) is 88.3 Å². The molecule has 10 rings (SSSR count). The van der Waals surface area contributed by atoms with E-state index in [1.807, 2.05) is 12.1 Å². The minimum Gasteiger partial charge on any atom is -0.458 e. The number of esters is 2. The van der Waals surface area contributed by atoms with Gasteiger partial charge >= 0.3 is 11.9 Å². The zero-order valence-corrected chi connectivity index (χ0v) is 43.7. The molecular weight excluding hydrogens is 955 g/mol. The van der Waals surface area contributed by atoms with Crippen LogP contribution in [0.15, 0.2) is 46.0 Å². The molecule has 4 aliphatic rings. The Kier molecular flexibility index (Phi) is 13.3. The lowest BCUT2D eigenvalue weighted by molar-refractivity contribution is -0.172. The molecule has 73 heavy (non-hydrogen) atoms. The second-order valence-electron chi connectivity index (χ2n) is 21.0. The van der Waals surface area contributed by atoms with Crippen molar-refractivity contribution in [3.05, 3.63) is 124 Å². The molecule has 3 N–H and O–H groups in total. The van der Waals surface area contributed by atoms with E-state index in [9.17, 15) is 33.8 Å². The van der Waals surface area contributed by atoms with Crippen LogP contribution in [0.4, 0.5) is 8.78 Å². The molecule has 6 aromatic rings. The van der Waals surface area contributed by atoms with Crippen LogP contribution in [0, 0.1) is 37.3 Å². The van der Waals surface area contributed by atoms with Gasteiger partial charge in [-0.2, -0.15) is 0 Å². The summed E-state index contributed by atoms with van der Waals surface area (Å²) in [6.45, 7) is 18.5. The number of aliphatic hydroxyl groups is 3. The highest BCUT2D eigenvalue weighted by molar-refractivity contribution is 6.74. The molecule has 0 unspecified atom stereocenters. The third kappa shape index (κ3) is 8.50. The number of benzene rings is 2. The number of hydrogen-bond donors (Lipinski definition) is 3. The summed E-state index contributed by atoms with van der Waals surface area (Å²) in [5.41, 5.74) is 3.60. The average molecular weight is 1020 g/mol. The number of aryl methyl sites for hydroxylation is 1. The first-order chi connectivity index (χ1) is 34.5. The van der Waals surface area contributed by atoms with Gasteiger partial charge in [-0.1, -0.05) is 46.5 Å². The van der Waals surface area contributed by atoms with E-state index in [0.717, 1.165) is 28.5 Å². The fourth-order valence-electron chi connectivity index (χ4n) is 10.1. The van der Waals surface area contributed by atoms with Gasteiger partial charge in [0, 0.05) is 75.9 Å². The van der Waals surface area contributed by atoms with Gasteiger partial charge in [-0.05, 0) is 99.5 Å². The van der Waals surface area contributed by atoms with Crippen molar-refractivity contribution < 1.29 is 47.6 Å². The van der Waals surface area contributed by atoms with Crippen molar-refractivity contribution in [2.45, 2.75) is 143 Å². The Labute approximate surface area is 422 Å². The fraction of sp³-hybridized carbons (Fsp3) is 0.429. The Morgan fingerprint density at radius 1 is 0.753 bits per heavy atom. The molecule has 0 aliphatic carbocycles. The number of carbonyl (C=O) groups excluding carboxylic acids is 2. The molecule has 0 amide bonds. The number of ether oxygens (including phenoxy) is 2. The van der Waals surface area contributed by atoms with Crippen LogP contribution in [0.1, 0.15) is 122 Å². The zero-order chi connectivity index (χ0) is 52.7. The zero-order valence-electron chi connectivity index (χ0n) is 42.7. The molecule has 0 saturated carbocycles. The van der Waals surface area contributed by atoms with Crippen LogP contribution < -0.4 is 11.1 Å². The minimum atomic E-state index is -1.90. The van der Waals surface area contributed by atoms with Gasteiger partial charge in [0.15, 0.2) is 19.5 Å². The van der Waals surface area contributed by atoms with Gasteiger partial charge in [-0.25, -0.2) is 28.3 Å². The maximum atomic E-state index is 15.0. The first kappa shape index (κ1) is 51.5. The highest BCUT2D eigenvalue weighted by atomic mass is 28.4. The number of rotatable bonds is 9. The summed E-state index contributed by atoms with van der Waals surface area (Å²) >= 11 is 0. The standard InChI is InChI=1S/C31H35FN2O5Si.C25H25FN2O5/c1-8-31(37)23-14-26-27-19(16-34(26)28(35)22(23)17-38-29(31)36)13-21-20(18(2)24(32)15-25(21)33-27)11-9-10-12-39-40(6,7)30(3,4)5;1-3-25(32)18-9-21-22-14(11-28(21)23(30)17(18)12-33-24(25)31)8-16-15(6-4-5-7-29)13(2)19(26)10-20(16)27-22/h13-15,37H,8,10,12,16-17H2,1-7H3;8-10,29,32H,3-7,11-12H2,1-2H3/t31-;25-/m00/s1. The highest BCUT2D eigenvalue weighted by Gasteiger charge is 2.47. The summed E-state index contributed by atoms with van der Waals surface area (Å²) in [7, 11) is -1.88. The highest BCUT2D eigenvalue weighted by Crippen LogP contribution is 2.42. The third-order valence-electron chi connectivity index (χ3n) is 15.7. The van der Waals surface area contributed by atoms with Crippen LogP contribution in [0.5, 0.6) is 0 Å². The van der Waals surface area contributed by atoms with E-state index < -0.39 is 37.3 Å². The van der Waals surface area contributed by atoms with Crippen molar-refractivity contribution in [3.8, 4) is 34.6 Å². The van der Waals surface area contributed by atoms with Crippen LogP contribution in [-0.4, -0.2) is 67.9 Å². The fourth-order valence-corrected chi connectivity index (χ4v) is 11.1. The second kappa shape index (κ2) is 18.8. The molecule has 4 aromatic heterocycles. The Morgan fingerprint density at radius 2 is 1.25 bits per heavy atom. The number of unbranched alkanes of at least 4 members (excludes halogenated alkanes) is 1. The number of aromatic nitrogens is 4. The second-order valence-corrected chi connectivity index (χ2v) is 25.8. The van der Waals surface area contributed by atoms with Crippen molar-refractivity contribution in [1.29, 1.82) is 0 Å². The number of fused-ring (bicyclic) bond motifs is 10. The Bertz CT molecular complexity index is 3530. The summed E-state index contributed by atoms with van der Waals surface area (Å²) in [4.78, 5) is 60.9.